The normalized spacial score (nSPS) is 10.8. The summed E-state index contributed by atoms with van der Waals surface area (Å²) in [6.07, 6.45) is -0.0467. The second-order valence-corrected chi connectivity index (χ2v) is 8.58. The first-order chi connectivity index (χ1) is 15.8. The van der Waals surface area contributed by atoms with Crippen molar-refractivity contribution >= 4 is 27.5 Å². The van der Waals surface area contributed by atoms with E-state index in [1.165, 1.54) is 48.5 Å². The highest BCUT2D eigenvalue weighted by atomic mass is 32.2. The minimum absolute atomic E-state index is 0.0340. The summed E-state index contributed by atoms with van der Waals surface area (Å²) in [5.41, 5.74) is 5.61. The predicted molar refractivity (Wildman–Crippen MR) is 121 cm³/mol. The zero-order chi connectivity index (χ0) is 23.8. The zero-order valence-electron chi connectivity index (χ0n) is 17.7. The summed E-state index contributed by atoms with van der Waals surface area (Å²) in [5, 5.41) is 0. The number of amides is 2. The lowest BCUT2D eigenvalue weighted by Gasteiger charge is -2.10. The van der Waals surface area contributed by atoms with Crippen molar-refractivity contribution in [3.05, 3.63) is 89.7 Å². The Kier molecular flexibility index (Phi) is 7.62. The number of rotatable bonds is 8. The summed E-state index contributed by atoms with van der Waals surface area (Å²) in [7, 11) is -3.86. The Hall–Kier alpha value is -3.92. The number of hydrogen-bond acceptors (Lipinski definition) is 5. The number of sulfonamides is 1. The minimum atomic E-state index is -3.86. The molecule has 0 heterocycles. The Bertz CT molecular complexity index is 1210. The van der Waals surface area contributed by atoms with Crippen LogP contribution < -0.4 is 20.3 Å². The van der Waals surface area contributed by atoms with Gasteiger partial charge in [0.05, 0.1) is 17.9 Å². The van der Waals surface area contributed by atoms with Crippen LogP contribution in [-0.4, -0.2) is 26.8 Å². The van der Waals surface area contributed by atoms with Gasteiger partial charge in [-0.3, -0.25) is 25.2 Å². The van der Waals surface area contributed by atoms with Gasteiger partial charge < -0.3 is 4.74 Å². The fourth-order valence-electron chi connectivity index (χ4n) is 2.82. The Morgan fingerprint density at radius 2 is 1.52 bits per heavy atom. The van der Waals surface area contributed by atoms with E-state index in [4.69, 9.17) is 4.74 Å². The van der Waals surface area contributed by atoms with Crippen LogP contribution in [0.4, 0.5) is 10.1 Å². The second-order valence-electron chi connectivity index (χ2n) is 6.89. The fraction of sp³-hybridized carbons (Fsp3) is 0.130. The van der Waals surface area contributed by atoms with Crippen molar-refractivity contribution in [3.63, 3.8) is 0 Å². The second kappa shape index (κ2) is 10.6. The number of hydrogen-bond donors (Lipinski definition) is 3. The first-order valence-corrected chi connectivity index (χ1v) is 11.4. The van der Waals surface area contributed by atoms with E-state index in [0.717, 1.165) is 0 Å². The number of ether oxygens (including phenoxy) is 1. The summed E-state index contributed by atoms with van der Waals surface area (Å²) < 4.78 is 45.9. The highest BCUT2D eigenvalue weighted by molar-refractivity contribution is 7.92. The van der Waals surface area contributed by atoms with Gasteiger partial charge in [0.15, 0.2) is 0 Å². The van der Waals surface area contributed by atoms with Gasteiger partial charge in [-0.25, -0.2) is 12.8 Å². The van der Waals surface area contributed by atoms with Crippen molar-refractivity contribution in [3.8, 4) is 5.75 Å². The highest BCUT2D eigenvalue weighted by Gasteiger charge is 2.16. The molecule has 0 aliphatic heterocycles. The third kappa shape index (κ3) is 6.78. The van der Waals surface area contributed by atoms with E-state index in [1.807, 2.05) is 6.92 Å². The van der Waals surface area contributed by atoms with Gasteiger partial charge in [-0.05, 0) is 73.2 Å². The molecule has 3 N–H and O–H groups in total. The van der Waals surface area contributed by atoms with E-state index in [-0.39, 0.29) is 16.9 Å². The number of benzene rings is 3. The third-order valence-corrected chi connectivity index (χ3v) is 5.83. The van der Waals surface area contributed by atoms with E-state index < -0.39 is 27.7 Å². The molecule has 0 bridgehead atoms. The number of carbonyl (C=O) groups is 2. The number of carbonyl (C=O) groups excluding carboxylic acids is 2. The van der Waals surface area contributed by atoms with Gasteiger partial charge in [0.25, 0.3) is 15.9 Å². The van der Waals surface area contributed by atoms with Crippen molar-refractivity contribution in [1.29, 1.82) is 0 Å². The van der Waals surface area contributed by atoms with Gasteiger partial charge >= 0.3 is 0 Å². The molecule has 33 heavy (non-hydrogen) atoms. The largest absolute Gasteiger partial charge is 0.494 e. The van der Waals surface area contributed by atoms with Crippen LogP contribution in [-0.2, 0) is 21.2 Å². The lowest BCUT2D eigenvalue weighted by molar-refractivity contribution is -0.121. The summed E-state index contributed by atoms with van der Waals surface area (Å²) in [4.78, 5) is 24.1. The number of hydrazine groups is 1. The topological polar surface area (TPSA) is 114 Å². The Morgan fingerprint density at radius 1 is 0.879 bits per heavy atom. The molecule has 0 spiro atoms. The van der Waals surface area contributed by atoms with Gasteiger partial charge in [0.1, 0.15) is 11.6 Å². The molecule has 8 nitrogen and oxygen atoms in total. The standard InChI is InChI=1S/C23H22FN3O5S/c1-2-32-20-11-9-19(10-12-20)27-33(30,31)21-13-5-17(6-14-21)23(29)26-25-22(28)15-16-3-7-18(24)8-4-16/h3-14,27H,2,15H2,1H3,(H,25,28)(H,26,29). The average Bonchev–Trinajstić information content (AvgIpc) is 2.80. The van der Waals surface area contributed by atoms with Gasteiger partial charge in [-0.15, -0.1) is 0 Å². The summed E-state index contributed by atoms with van der Waals surface area (Å²) >= 11 is 0. The van der Waals surface area contributed by atoms with E-state index >= 15 is 0 Å². The van der Waals surface area contributed by atoms with Crippen LogP contribution in [0.25, 0.3) is 0 Å². The van der Waals surface area contributed by atoms with Gasteiger partial charge in [0.2, 0.25) is 5.91 Å². The molecule has 0 saturated heterocycles. The fourth-order valence-corrected chi connectivity index (χ4v) is 3.87. The predicted octanol–water partition coefficient (Wildman–Crippen LogP) is 3.03. The molecular formula is C23H22FN3O5S. The average molecular weight is 472 g/mol. The molecule has 3 aromatic carbocycles. The molecule has 10 heteroatoms. The van der Waals surface area contributed by atoms with E-state index in [1.54, 1.807) is 24.3 Å². The lowest BCUT2D eigenvalue weighted by Crippen LogP contribution is -2.42. The Morgan fingerprint density at radius 3 is 2.12 bits per heavy atom. The maximum atomic E-state index is 12.9. The Labute approximate surface area is 190 Å². The SMILES string of the molecule is CCOc1ccc(NS(=O)(=O)c2ccc(C(=O)NNC(=O)Cc3ccc(F)cc3)cc2)cc1. The molecule has 0 radical (unpaired) electrons. The smallest absolute Gasteiger partial charge is 0.269 e. The van der Waals surface area contributed by atoms with Crippen LogP contribution in [0, 0.1) is 5.82 Å². The van der Waals surface area contributed by atoms with Crippen LogP contribution in [0.1, 0.15) is 22.8 Å². The van der Waals surface area contributed by atoms with Crippen molar-refractivity contribution in [2.24, 2.45) is 0 Å². The van der Waals surface area contributed by atoms with Gasteiger partial charge in [-0.2, -0.15) is 0 Å². The molecule has 2 amide bonds. The monoisotopic (exact) mass is 471 g/mol. The first-order valence-electron chi connectivity index (χ1n) is 9.96. The van der Waals surface area contributed by atoms with Gasteiger partial charge in [-0.1, -0.05) is 12.1 Å². The van der Waals surface area contributed by atoms with Crippen molar-refractivity contribution in [1.82, 2.24) is 10.9 Å². The molecule has 3 aromatic rings. The van der Waals surface area contributed by atoms with Crippen molar-refractivity contribution < 1.29 is 27.1 Å². The lowest BCUT2D eigenvalue weighted by atomic mass is 10.1. The number of anilines is 1. The number of halogens is 1. The summed E-state index contributed by atoms with van der Waals surface area (Å²) in [6.45, 7) is 2.35. The summed E-state index contributed by atoms with van der Waals surface area (Å²) in [6, 6.07) is 17.1. The number of nitrogens with one attached hydrogen (secondary N) is 3. The molecule has 0 fully saturated rings. The van der Waals surface area contributed by atoms with Crippen LogP contribution >= 0.6 is 0 Å². The minimum Gasteiger partial charge on any atom is -0.494 e. The first kappa shape index (κ1) is 23.7. The highest BCUT2D eigenvalue weighted by Crippen LogP contribution is 2.20. The van der Waals surface area contributed by atoms with Crippen molar-refractivity contribution in [2.45, 2.75) is 18.2 Å². The van der Waals surface area contributed by atoms with Gasteiger partial charge in [0, 0.05) is 11.3 Å². The van der Waals surface area contributed by atoms with E-state index in [0.29, 0.717) is 23.6 Å². The van der Waals surface area contributed by atoms with Crippen molar-refractivity contribution in [2.75, 3.05) is 11.3 Å². The maximum Gasteiger partial charge on any atom is 0.269 e. The third-order valence-electron chi connectivity index (χ3n) is 4.44. The zero-order valence-corrected chi connectivity index (χ0v) is 18.5. The van der Waals surface area contributed by atoms with Crippen LogP contribution in [0.2, 0.25) is 0 Å². The molecule has 0 aromatic heterocycles. The molecule has 0 unspecified atom stereocenters. The van der Waals surface area contributed by atoms with Crippen LogP contribution in [0.3, 0.4) is 0 Å². The molecule has 3 rings (SSSR count). The van der Waals surface area contributed by atoms with Crippen LogP contribution in [0.5, 0.6) is 5.75 Å². The molecule has 0 atom stereocenters. The molecule has 172 valence electrons. The van der Waals surface area contributed by atoms with Crippen LogP contribution in [0.15, 0.2) is 77.7 Å². The summed E-state index contributed by atoms with van der Waals surface area (Å²) in [5.74, 6) is -0.896. The quantitative estimate of drug-likeness (QED) is 0.437. The molecule has 0 aliphatic carbocycles. The molecule has 0 saturated carbocycles. The maximum absolute atomic E-state index is 12.9. The Balaban J connectivity index is 1.56. The van der Waals surface area contributed by atoms with E-state index in [2.05, 4.69) is 15.6 Å². The van der Waals surface area contributed by atoms with E-state index in [9.17, 15) is 22.4 Å². The molecular weight excluding hydrogens is 449 g/mol. The molecule has 0 aliphatic rings.